The molecule has 12 nitrogen and oxygen atoms in total. The number of hydrogen-bond donors (Lipinski definition) is 2. The maximum Gasteiger partial charge on any atom is 0.351 e. The number of aromatic nitrogens is 1. The van der Waals surface area contributed by atoms with Crippen molar-refractivity contribution in [1.29, 1.82) is 0 Å². The van der Waals surface area contributed by atoms with E-state index in [1.807, 2.05) is 0 Å². The summed E-state index contributed by atoms with van der Waals surface area (Å²) in [5.41, 5.74) is -4.22. The van der Waals surface area contributed by atoms with Crippen LogP contribution >= 0.6 is 0 Å². The lowest BCUT2D eigenvalue weighted by Crippen LogP contribution is -2.24. The lowest BCUT2D eigenvalue weighted by Gasteiger charge is -2.06. The highest BCUT2D eigenvalue weighted by molar-refractivity contribution is 5.77. The van der Waals surface area contributed by atoms with Gasteiger partial charge in [-0.05, 0) is 6.92 Å². The molecule has 0 saturated heterocycles. The molecule has 0 radical (unpaired) electrons. The summed E-state index contributed by atoms with van der Waals surface area (Å²) in [5.74, 6) is 0. The third-order valence-electron chi connectivity index (χ3n) is 2.75. The van der Waals surface area contributed by atoms with E-state index in [1.165, 1.54) is 0 Å². The zero-order valence-corrected chi connectivity index (χ0v) is 10.2. The zero-order valence-electron chi connectivity index (χ0n) is 10.2. The molecule has 0 amide bonds. The second-order valence-electron chi connectivity index (χ2n) is 3.84. The molecule has 2 rings (SSSR count). The molecule has 0 unspecified atom stereocenters. The minimum atomic E-state index is -1.29. The van der Waals surface area contributed by atoms with Crippen LogP contribution in [0.3, 0.4) is 0 Å². The molecule has 0 aliphatic rings. The van der Waals surface area contributed by atoms with Crippen LogP contribution in [0, 0.1) is 27.2 Å². The van der Waals surface area contributed by atoms with Crippen molar-refractivity contribution in [1.82, 2.24) is 4.73 Å². The highest BCUT2D eigenvalue weighted by Crippen LogP contribution is 2.19. The van der Waals surface area contributed by atoms with Gasteiger partial charge in [0, 0.05) is 0 Å². The predicted molar refractivity (Wildman–Crippen MR) is 63.1 cm³/mol. The number of nitrogens with zero attached hydrogens (tertiary/aromatic N) is 4. The summed E-state index contributed by atoms with van der Waals surface area (Å²) in [4.78, 5) is 31.5. The Kier molecular flexibility index (Phi) is 3.05. The number of hydrogen-bond acceptors (Lipinski definition) is 9. The third-order valence-corrected chi connectivity index (χ3v) is 2.75. The van der Waals surface area contributed by atoms with Crippen molar-refractivity contribution in [3.63, 3.8) is 0 Å². The van der Waals surface area contributed by atoms with E-state index in [0.717, 1.165) is 6.92 Å². The van der Waals surface area contributed by atoms with Crippen molar-refractivity contribution in [2.75, 3.05) is 0 Å². The van der Waals surface area contributed by atoms with Gasteiger partial charge in [0.05, 0.1) is 9.85 Å². The summed E-state index contributed by atoms with van der Waals surface area (Å²) in [6.45, 7) is 1.10. The highest BCUT2D eigenvalue weighted by Gasteiger charge is 2.28. The maximum absolute atomic E-state index is 12.0. The molecule has 0 aliphatic heterocycles. The molecule has 2 aromatic rings. The largest absolute Gasteiger partial charge is 0.438 e. The standard InChI is InChI=1S/C9H6N4O8/c1-3-7(13(19)20)6(10-15)5-8(14)4(12(17)18)2-21-9(5)11(3)16/h2,15-16H,1H3. The topological polar surface area (TPSA) is 174 Å². The molecular weight excluding hydrogens is 292 g/mol. The Bertz CT molecular complexity index is 909. The Labute approximate surface area is 113 Å². The minimum Gasteiger partial charge on any atom is -0.438 e. The van der Waals surface area contributed by atoms with Crippen molar-refractivity contribution in [3.8, 4) is 0 Å². The molecule has 2 aromatic heterocycles. The molecule has 2 N–H and O–H groups in total. The van der Waals surface area contributed by atoms with Gasteiger partial charge in [-0.2, -0.15) is 0 Å². The zero-order chi connectivity index (χ0) is 15.9. The van der Waals surface area contributed by atoms with Crippen LogP contribution in [0.1, 0.15) is 5.69 Å². The summed E-state index contributed by atoms with van der Waals surface area (Å²) in [5, 5.41) is 41.3. The molecule has 0 saturated carbocycles. The molecular formula is C9H6N4O8. The van der Waals surface area contributed by atoms with Crippen molar-refractivity contribution >= 4 is 22.5 Å². The number of nitro groups is 2. The van der Waals surface area contributed by atoms with Crippen LogP contribution in [0.2, 0.25) is 0 Å². The number of rotatable bonds is 2. The SMILES string of the molecule is Cc1c([N+](=O)[O-])c(=NO)c2c(=O)c([N+](=O)[O-])coc2n1O. The van der Waals surface area contributed by atoms with Crippen LogP contribution in [0.5, 0.6) is 0 Å². The molecule has 0 aromatic carbocycles. The Morgan fingerprint density at radius 1 is 1.33 bits per heavy atom. The van der Waals surface area contributed by atoms with Gasteiger partial charge in [0.2, 0.25) is 5.71 Å². The fraction of sp³-hybridized carbons (Fsp3) is 0.111. The van der Waals surface area contributed by atoms with E-state index >= 15 is 0 Å². The van der Waals surface area contributed by atoms with Crippen molar-refractivity contribution < 1.29 is 24.7 Å². The van der Waals surface area contributed by atoms with Crippen LogP contribution in [0.25, 0.3) is 11.1 Å². The van der Waals surface area contributed by atoms with E-state index in [4.69, 9.17) is 9.62 Å². The Morgan fingerprint density at radius 3 is 2.43 bits per heavy atom. The van der Waals surface area contributed by atoms with E-state index in [0.29, 0.717) is 6.26 Å². The van der Waals surface area contributed by atoms with E-state index in [2.05, 4.69) is 5.16 Å². The van der Waals surface area contributed by atoms with Crippen LogP contribution in [0.15, 0.2) is 20.6 Å². The van der Waals surface area contributed by atoms with Crippen LogP contribution in [-0.2, 0) is 0 Å². The highest BCUT2D eigenvalue weighted by atomic mass is 16.6. The van der Waals surface area contributed by atoms with Gasteiger partial charge >= 0.3 is 11.4 Å². The number of pyridine rings is 1. The summed E-state index contributed by atoms with van der Waals surface area (Å²) in [6, 6.07) is 0. The monoisotopic (exact) mass is 298 g/mol. The first-order valence-corrected chi connectivity index (χ1v) is 5.18. The average molecular weight is 298 g/mol. The molecule has 0 spiro atoms. The fourth-order valence-electron chi connectivity index (χ4n) is 1.80. The first-order chi connectivity index (χ1) is 9.81. The summed E-state index contributed by atoms with van der Waals surface area (Å²) in [6.07, 6.45) is 0.476. The van der Waals surface area contributed by atoms with Gasteiger partial charge in [-0.25, -0.2) is 0 Å². The van der Waals surface area contributed by atoms with E-state index in [-0.39, 0.29) is 4.73 Å². The predicted octanol–water partition coefficient (Wildman–Crippen LogP) is 0.247. The van der Waals surface area contributed by atoms with Gasteiger partial charge in [0.25, 0.3) is 5.43 Å². The van der Waals surface area contributed by atoms with Gasteiger partial charge in [-0.1, -0.05) is 5.16 Å². The van der Waals surface area contributed by atoms with Gasteiger partial charge in [0.15, 0.2) is 11.6 Å². The summed E-state index contributed by atoms with van der Waals surface area (Å²) in [7, 11) is 0. The molecule has 21 heavy (non-hydrogen) atoms. The second kappa shape index (κ2) is 4.59. The van der Waals surface area contributed by atoms with Crippen molar-refractivity contribution in [2.24, 2.45) is 5.16 Å². The number of fused-ring (bicyclic) bond motifs is 1. The summed E-state index contributed by atoms with van der Waals surface area (Å²) < 4.78 is 4.93. The molecule has 110 valence electrons. The lowest BCUT2D eigenvalue weighted by atomic mass is 10.2. The van der Waals surface area contributed by atoms with Crippen LogP contribution in [-0.4, -0.2) is 25.0 Å². The third kappa shape index (κ3) is 1.85. The van der Waals surface area contributed by atoms with E-state index < -0.39 is 48.8 Å². The molecule has 0 fully saturated rings. The molecule has 0 bridgehead atoms. The Hall–Kier alpha value is -3.44. The second-order valence-corrected chi connectivity index (χ2v) is 3.84. The normalized spacial score (nSPS) is 11.8. The van der Waals surface area contributed by atoms with Gasteiger partial charge < -0.3 is 14.8 Å². The quantitative estimate of drug-likeness (QED) is 0.343. The van der Waals surface area contributed by atoms with E-state index in [1.54, 1.807) is 0 Å². The van der Waals surface area contributed by atoms with Gasteiger partial charge in [-0.15, -0.1) is 4.73 Å². The van der Waals surface area contributed by atoms with Crippen molar-refractivity contribution in [2.45, 2.75) is 6.92 Å². The van der Waals surface area contributed by atoms with Gasteiger partial charge in [0.1, 0.15) is 11.1 Å². The smallest absolute Gasteiger partial charge is 0.351 e. The minimum absolute atomic E-state index is 0.174. The lowest BCUT2D eigenvalue weighted by molar-refractivity contribution is -0.388. The van der Waals surface area contributed by atoms with E-state index in [9.17, 15) is 30.2 Å². The van der Waals surface area contributed by atoms with Gasteiger partial charge in [-0.3, -0.25) is 25.0 Å². The maximum atomic E-state index is 12.0. The molecule has 0 atom stereocenters. The van der Waals surface area contributed by atoms with Crippen LogP contribution in [0.4, 0.5) is 11.4 Å². The van der Waals surface area contributed by atoms with Crippen LogP contribution < -0.4 is 10.8 Å². The fourth-order valence-corrected chi connectivity index (χ4v) is 1.80. The Morgan fingerprint density at radius 2 is 1.95 bits per heavy atom. The first-order valence-electron chi connectivity index (χ1n) is 5.18. The molecule has 2 heterocycles. The molecule has 12 heteroatoms. The van der Waals surface area contributed by atoms with Crippen molar-refractivity contribution in [3.05, 3.63) is 47.8 Å². The average Bonchev–Trinajstić information content (AvgIpc) is 2.41. The Balaban J connectivity index is 3.23. The first kappa shape index (κ1) is 14.0. The molecule has 0 aliphatic carbocycles. The summed E-state index contributed by atoms with van der Waals surface area (Å²) >= 11 is 0.